The molecule has 23 heavy (non-hydrogen) atoms. The summed E-state index contributed by atoms with van der Waals surface area (Å²) in [5.74, 6) is 0.936. The molecule has 0 bridgehead atoms. The van der Waals surface area contributed by atoms with E-state index < -0.39 is 0 Å². The lowest BCUT2D eigenvalue weighted by Crippen LogP contribution is -2.38. The number of fused-ring (bicyclic) bond motifs is 1. The van der Waals surface area contributed by atoms with Crippen molar-refractivity contribution in [2.45, 2.75) is 19.6 Å². The second-order valence-corrected chi connectivity index (χ2v) is 6.23. The van der Waals surface area contributed by atoms with Gasteiger partial charge in [-0.2, -0.15) is 0 Å². The molecule has 1 aliphatic rings. The van der Waals surface area contributed by atoms with Gasteiger partial charge in [-0.3, -0.25) is 4.90 Å². The fourth-order valence-electron chi connectivity index (χ4n) is 3.20. The van der Waals surface area contributed by atoms with Crippen molar-refractivity contribution in [3.05, 3.63) is 65.7 Å². The normalized spacial score (nSPS) is 19.3. The number of H-pyrrole nitrogens is 1. The zero-order chi connectivity index (χ0) is 15.6. The van der Waals surface area contributed by atoms with Crippen LogP contribution < -0.4 is 0 Å². The number of hydrogen-bond acceptors (Lipinski definition) is 3. The Hall–Kier alpha value is -2.17. The second kappa shape index (κ2) is 6.14. The Morgan fingerprint density at radius 3 is 2.91 bits per heavy atom. The van der Waals surface area contributed by atoms with Crippen molar-refractivity contribution in [3.8, 4) is 0 Å². The lowest BCUT2D eigenvalue weighted by atomic mass is 10.1. The van der Waals surface area contributed by atoms with E-state index >= 15 is 0 Å². The standard InChI is InChI=1S/C19H21N3O/c1-14-11-20-19(21-14)18-13-22(8-9-23-18)12-15-6-7-16-4-2-3-5-17(16)10-15/h2-7,10-11,18H,8-9,12-13H2,1H3,(H,20,21). The summed E-state index contributed by atoms with van der Waals surface area (Å²) in [6.07, 6.45) is 1.90. The minimum absolute atomic E-state index is 0.0397. The zero-order valence-corrected chi connectivity index (χ0v) is 13.3. The average Bonchev–Trinajstić information content (AvgIpc) is 3.02. The van der Waals surface area contributed by atoms with Crippen LogP contribution in [-0.2, 0) is 11.3 Å². The van der Waals surface area contributed by atoms with E-state index in [1.165, 1.54) is 16.3 Å². The van der Waals surface area contributed by atoms with Gasteiger partial charge in [0.15, 0.2) is 0 Å². The largest absolute Gasteiger partial charge is 0.368 e. The molecular weight excluding hydrogens is 286 g/mol. The first-order chi connectivity index (χ1) is 11.3. The van der Waals surface area contributed by atoms with Crippen LogP contribution in [0.25, 0.3) is 10.8 Å². The van der Waals surface area contributed by atoms with Crippen LogP contribution in [0.4, 0.5) is 0 Å². The number of imidazole rings is 1. The molecule has 1 atom stereocenters. The van der Waals surface area contributed by atoms with Crippen molar-refractivity contribution < 1.29 is 4.74 Å². The summed E-state index contributed by atoms with van der Waals surface area (Å²) in [4.78, 5) is 10.1. The van der Waals surface area contributed by atoms with Gasteiger partial charge in [0, 0.05) is 31.5 Å². The highest BCUT2D eigenvalue weighted by Crippen LogP contribution is 2.22. The molecule has 1 aromatic heterocycles. The van der Waals surface area contributed by atoms with Gasteiger partial charge in [-0.05, 0) is 29.3 Å². The van der Waals surface area contributed by atoms with E-state index in [1.807, 2.05) is 13.1 Å². The van der Waals surface area contributed by atoms with Gasteiger partial charge in [0.25, 0.3) is 0 Å². The first-order valence-electron chi connectivity index (χ1n) is 8.11. The minimum Gasteiger partial charge on any atom is -0.368 e. The van der Waals surface area contributed by atoms with Crippen LogP contribution in [0, 0.1) is 6.92 Å². The fourth-order valence-corrected chi connectivity index (χ4v) is 3.20. The number of benzene rings is 2. The quantitative estimate of drug-likeness (QED) is 0.806. The molecular formula is C19H21N3O. The van der Waals surface area contributed by atoms with Gasteiger partial charge in [-0.1, -0.05) is 36.4 Å². The monoisotopic (exact) mass is 307 g/mol. The van der Waals surface area contributed by atoms with E-state index in [4.69, 9.17) is 4.74 Å². The van der Waals surface area contributed by atoms with Crippen LogP contribution in [0.2, 0.25) is 0 Å². The number of aryl methyl sites for hydroxylation is 1. The number of aromatic nitrogens is 2. The van der Waals surface area contributed by atoms with Gasteiger partial charge in [0.1, 0.15) is 11.9 Å². The molecule has 1 unspecified atom stereocenters. The molecule has 2 aromatic carbocycles. The number of hydrogen-bond donors (Lipinski definition) is 1. The van der Waals surface area contributed by atoms with Crippen LogP contribution in [0.1, 0.15) is 23.2 Å². The summed E-state index contributed by atoms with van der Waals surface area (Å²) < 4.78 is 5.88. The third kappa shape index (κ3) is 3.14. The van der Waals surface area contributed by atoms with Crippen LogP contribution in [0.3, 0.4) is 0 Å². The summed E-state index contributed by atoms with van der Waals surface area (Å²) >= 11 is 0. The van der Waals surface area contributed by atoms with Gasteiger partial charge >= 0.3 is 0 Å². The van der Waals surface area contributed by atoms with Gasteiger partial charge in [0.2, 0.25) is 0 Å². The Balaban J connectivity index is 1.48. The lowest BCUT2D eigenvalue weighted by molar-refractivity contribution is -0.0368. The summed E-state index contributed by atoms with van der Waals surface area (Å²) in [5.41, 5.74) is 2.43. The molecule has 4 nitrogen and oxygen atoms in total. The zero-order valence-electron chi connectivity index (χ0n) is 13.3. The minimum atomic E-state index is 0.0397. The number of rotatable bonds is 3. The topological polar surface area (TPSA) is 41.2 Å². The summed E-state index contributed by atoms with van der Waals surface area (Å²) in [7, 11) is 0. The molecule has 1 saturated heterocycles. The van der Waals surface area contributed by atoms with Crippen LogP contribution in [0.15, 0.2) is 48.7 Å². The SMILES string of the molecule is Cc1cnc(C2CN(Cc3ccc4ccccc4c3)CCO2)[nH]1. The van der Waals surface area contributed by atoms with Gasteiger partial charge < -0.3 is 9.72 Å². The Morgan fingerprint density at radius 1 is 1.22 bits per heavy atom. The molecule has 1 fully saturated rings. The molecule has 1 N–H and O–H groups in total. The third-order valence-corrected chi connectivity index (χ3v) is 4.40. The van der Waals surface area contributed by atoms with E-state index in [-0.39, 0.29) is 6.10 Å². The number of morpholine rings is 1. The first-order valence-corrected chi connectivity index (χ1v) is 8.11. The molecule has 2 heterocycles. The Bertz CT molecular complexity index is 811. The number of ether oxygens (including phenoxy) is 1. The Morgan fingerprint density at radius 2 is 2.09 bits per heavy atom. The Labute approximate surface area is 136 Å². The van der Waals surface area contributed by atoms with E-state index in [0.717, 1.165) is 37.8 Å². The fraction of sp³-hybridized carbons (Fsp3) is 0.316. The van der Waals surface area contributed by atoms with Crippen molar-refractivity contribution in [3.63, 3.8) is 0 Å². The summed E-state index contributed by atoms with van der Waals surface area (Å²) in [5, 5.41) is 2.60. The highest BCUT2D eigenvalue weighted by atomic mass is 16.5. The van der Waals surface area contributed by atoms with Crippen LogP contribution in [-0.4, -0.2) is 34.6 Å². The maximum atomic E-state index is 5.88. The van der Waals surface area contributed by atoms with E-state index in [1.54, 1.807) is 0 Å². The van der Waals surface area contributed by atoms with Crippen molar-refractivity contribution >= 4 is 10.8 Å². The smallest absolute Gasteiger partial charge is 0.136 e. The Kier molecular flexibility index (Phi) is 3.85. The molecule has 0 amide bonds. The highest BCUT2D eigenvalue weighted by molar-refractivity contribution is 5.82. The molecule has 0 radical (unpaired) electrons. The third-order valence-electron chi connectivity index (χ3n) is 4.40. The summed E-state index contributed by atoms with van der Waals surface area (Å²) in [6, 6.07) is 15.2. The first kappa shape index (κ1) is 14.4. The van der Waals surface area contributed by atoms with Gasteiger partial charge in [-0.25, -0.2) is 4.98 Å². The van der Waals surface area contributed by atoms with Crippen LogP contribution >= 0.6 is 0 Å². The maximum absolute atomic E-state index is 5.88. The molecule has 118 valence electrons. The van der Waals surface area contributed by atoms with E-state index in [0.29, 0.717) is 0 Å². The molecule has 0 spiro atoms. The molecule has 0 aliphatic carbocycles. The van der Waals surface area contributed by atoms with Crippen molar-refractivity contribution in [2.75, 3.05) is 19.7 Å². The van der Waals surface area contributed by atoms with Crippen molar-refractivity contribution in [1.29, 1.82) is 0 Å². The molecule has 4 heteroatoms. The molecule has 3 aromatic rings. The van der Waals surface area contributed by atoms with E-state index in [9.17, 15) is 0 Å². The van der Waals surface area contributed by atoms with Gasteiger partial charge in [-0.15, -0.1) is 0 Å². The van der Waals surface area contributed by atoms with Gasteiger partial charge in [0.05, 0.1) is 6.61 Å². The average molecular weight is 307 g/mol. The van der Waals surface area contributed by atoms with Crippen molar-refractivity contribution in [1.82, 2.24) is 14.9 Å². The summed E-state index contributed by atoms with van der Waals surface area (Å²) in [6.45, 7) is 5.55. The predicted molar refractivity (Wildman–Crippen MR) is 91.2 cm³/mol. The van der Waals surface area contributed by atoms with Crippen LogP contribution in [0.5, 0.6) is 0 Å². The lowest BCUT2D eigenvalue weighted by Gasteiger charge is -2.32. The second-order valence-electron chi connectivity index (χ2n) is 6.23. The number of aromatic amines is 1. The number of nitrogens with one attached hydrogen (secondary N) is 1. The van der Waals surface area contributed by atoms with E-state index in [2.05, 4.69) is 57.3 Å². The highest BCUT2D eigenvalue weighted by Gasteiger charge is 2.24. The maximum Gasteiger partial charge on any atom is 0.136 e. The number of nitrogens with zero attached hydrogens (tertiary/aromatic N) is 2. The molecule has 1 aliphatic heterocycles. The van der Waals surface area contributed by atoms with Crippen molar-refractivity contribution in [2.24, 2.45) is 0 Å². The predicted octanol–water partition coefficient (Wildman–Crippen LogP) is 3.44. The molecule has 4 rings (SSSR count). The molecule has 0 saturated carbocycles.